The standard InChI is InChI=1S/C18H26N4O/c1-14(2)6-5-11-20-18(23)21-13-12-19-17-10-9-15-7-3-4-8-16(15)22-17/h3-4,7-10,14H,5-6,11-13H2,1-2H3,(H,19,22)(H2,20,21,23). The predicted molar refractivity (Wildman–Crippen MR) is 95.7 cm³/mol. The molecule has 1 heterocycles. The van der Waals surface area contributed by atoms with E-state index in [9.17, 15) is 4.79 Å². The normalized spacial score (nSPS) is 10.7. The van der Waals surface area contributed by atoms with Crippen LogP contribution in [0.1, 0.15) is 26.7 Å². The van der Waals surface area contributed by atoms with Crippen LogP contribution in [0.25, 0.3) is 10.9 Å². The molecule has 0 aliphatic rings. The third-order valence-corrected chi connectivity index (χ3v) is 3.56. The Balaban J connectivity index is 1.63. The highest BCUT2D eigenvalue weighted by Gasteiger charge is 2.00. The molecule has 5 nitrogen and oxygen atoms in total. The van der Waals surface area contributed by atoms with Crippen molar-refractivity contribution in [3.05, 3.63) is 36.4 Å². The maximum absolute atomic E-state index is 11.6. The summed E-state index contributed by atoms with van der Waals surface area (Å²) in [7, 11) is 0. The van der Waals surface area contributed by atoms with Gasteiger partial charge in [-0.2, -0.15) is 0 Å². The maximum atomic E-state index is 11.6. The molecule has 3 N–H and O–H groups in total. The fourth-order valence-corrected chi connectivity index (χ4v) is 2.31. The van der Waals surface area contributed by atoms with E-state index in [0.29, 0.717) is 19.0 Å². The molecule has 1 aromatic carbocycles. The molecule has 2 aromatic rings. The Kier molecular flexibility index (Phi) is 6.66. The highest BCUT2D eigenvalue weighted by atomic mass is 16.2. The summed E-state index contributed by atoms with van der Waals surface area (Å²) in [5.74, 6) is 1.50. The number of pyridine rings is 1. The molecule has 0 aliphatic carbocycles. The summed E-state index contributed by atoms with van der Waals surface area (Å²) in [5.41, 5.74) is 0.966. The summed E-state index contributed by atoms with van der Waals surface area (Å²) in [5, 5.41) is 10.0. The molecule has 124 valence electrons. The van der Waals surface area contributed by atoms with Crippen molar-refractivity contribution in [1.29, 1.82) is 0 Å². The zero-order valence-corrected chi connectivity index (χ0v) is 13.9. The summed E-state index contributed by atoms with van der Waals surface area (Å²) in [4.78, 5) is 16.1. The largest absolute Gasteiger partial charge is 0.368 e. The van der Waals surface area contributed by atoms with Gasteiger partial charge in [-0.1, -0.05) is 32.0 Å². The molecule has 23 heavy (non-hydrogen) atoms. The number of anilines is 1. The molecule has 0 bridgehead atoms. The first kappa shape index (κ1) is 17.1. The van der Waals surface area contributed by atoms with E-state index in [2.05, 4.69) is 34.8 Å². The highest BCUT2D eigenvalue weighted by molar-refractivity contribution is 5.80. The van der Waals surface area contributed by atoms with E-state index in [1.807, 2.05) is 36.4 Å². The molecular weight excluding hydrogens is 288 g/mol. The summed E-state index contributed by atoms with van der Waals surface area (Å²) in [6.45, 7) is 6.30. The van der Waals surface area contributed by atoms with Gasteiger partial charge in [0.2, 0.25) is 0 Å². The SMILES string of the molecule is CC(C)CCCNC(=O)NCCNc1ccc2ccccc2n1. The Morgan fingerprint density at radius 1 is 1.04 bits per heavy atom. The number of nitrogens with one attached hydrogen (secondary N) is 3. The fraction of sp³-hybridized carbons (Fsp3) is 0.444. The Morgan fingerprint density at radius 2 is 1.83 bits per heavy atom. The zero-order valence-electron chi connectivity index (χ0n) is 13.9. The monoisotopic (exact) mass is 314 g/mol. The predicted octanol–water partition coefficient (Wildman–Crippen LogP) is 3.38. The van der Waals surface area contributed by atoms with Gasteiger partial charge in [0.25, 0.3) is 0 Å². The molecule has 2 amide bonds. The minimum Gasteiger partial charge on any atom is -0.368 e. The van der Waals surface area contributed by atoms with E-state index in [1.165, 1.54) is 0 Å². The first-order valence-electron chi connectivity index (χ1n) is 8.26. The Hall–Kier alpha value is -2.30. The van der Waals surface area contributed by atoms with Crippen LogP contribution in [0.3, 0.4) is 0 Å². The van der Waals surface area contributed by atoms with Crippen LogP contribution in [0.4, 0.5) is 10.6 Å². The number of carbonyl (C=O) groups is 1. The zero-order chi connectivity index (χ0) is 16.5. The van der Waals surface area contributed by atoms with Crippen LogP contribution in [0.2, 0.25) is 0 Å². The summed E-state index contributed by atoms with van der Waals surface area (Å²) in [6, 6.07) is 11.9. The molecule has 0 atom stereocenters. The second kappa shape index (κ2) is 8.98. The molecule has 5 heteroatoms. The summed E-state index contributed by atoms with van der Waals surface area (Å²) in [6.07, 6.45) is 2.15. The molecule has 0 radical (unpaired) electrons. The van der Waals surface area contributed by atoms with Crippen molar-refractivity contribution < 1.29 is 4.79 Å². The van der Waals surface area contributed by atoms with Crippen LogP contribution >= 0.6 is 0 Å². The number of hydrogen-bond acceptors (Lipinski definition) is 3. The van der Waals surface area contributed by atoms with Crippen molar-refractivity contribution in [2.45, 2.75) is 26.7 Å². The number of fused-ring (bicyclic) bond motifs is 1. The number of para-hydroxylation sites is 1. The third kappa shape index (κ3) is 6.14. The van der Waals surface area contributed by atoms with Gasteiger partial charge in [-0.3, -0.25) is 0 Å². The molecule has 0 fully saturated rings. The van der Waals surface area contributed by atoms with Crippen molar-refractivity contribution >= 4 is 22.8 Å². The van der Waals surface area contributed by atoms with Crippen LogP contribution in [-0.4, -0.2) is 30.6 Å². The quantitative estimate of drug-likeness (QED) is 0.654. The van der Waals surface area contributed by atoms with E-state index < -0.39 is 0 Å². The molecule has 0 saturated heterocycles. The van der Waals surface area contributed by atoms with E-state index in [4.69, 9.17) is 0 Å². The van der Waals surface area contributed by atoms with E-state index in [0.717, 1.165) is 36.1 Å². The second-order valence-corrected chi connectivity index (χ2v) is 6.03. The van der Waals surface area contributed by atoms with E-state index in [-0.39, 0.29) is 6.03 Å². The van der Waals surface area contributed by atoms with E-state index in [1.54, 1.807) is 0 Å². The summed E-state index contributed by atoms with van der Waals surface area (Å²) >= 11 is 0. The fourth-order valence-electron chi connectivity index (χ4n) is 2.31. The molecular formula is C18H26N4O. The van der Waals surface area contributed by atoms with Crippen molar-refractivity contribution in [2.75, 3.05) is 25.0 Å². The maximum Gasteiger partial charge on any atom is 0.314 e. The number of hydrogen-bond donors (Lipinski definition) is 3. The highest BCUT2D eigenvalue weighted by Crippen LogP contribution is 2.13. The lowest BCUT2D eigenvalue weighted by molar-refractivity contribution is 0.241. The Morgan fingerprint density at radius 3 is 2.65 bits per heavy atom. The van der Waals surface area contributed by atoms with E-state index >= 15 is 0 Å². The average molecular weight is 314 g/mol. The molecule has 0 unspecified atom stereocenters. The van der Waals surface area contributed by atoms with Gasteiger partial charge in [0.05, 0.1) is 5.52 Å². The average Bonchev–Trinajstić information content (AvgIpc) is 2.55. The summed E-state index contributed by atoms with van der Waals surface area (Å²) < 4.78 is 0. The van der Waals surface area contributed by atoms with Gasteiger partial charge < -0.3 is 16.0 Å². The molecule has 1 aromatic heterocycles. The van der Waals surface area contributed by atoms with Gasteiger partial charge in [0.1, 0.15) is 5.82 Å². The van der Waals surface area contributed by atoms with Gasteiger partial charge in [0.15, 0.2) is 0 Å². The molecule has 0 saturated carbocycles. The lowest BCUT2D eigenvalue weighted by Crippen LogP contribution is -2.38. The van der Waals surface area contributed by atoms with Crippen LogP contribution in [0.15, 0.2) is 36.4 Å². The Labute approximate surface area is 137 Å². The molecule has 0 spiro atoms. The topological polar surface area (TPSA) is 66.1 Å². The van der Waals surface area contributed by atoms with Gasteiger partial charge in [0, 0.05) is 25.0 Å². The lowest BCUT2D eigenvalue weighted by atomic mass is 10.1. The lowest BCUT2D eigenvalue weighted by Gasteiger charge is -2.10. The van der Waals surface area contributed by atoms with Crippen molar-refractivity contribution in [3.63, 3.8) is 0 Å². The van der Waals surface area contributed by atoms with Crippen LogP contribution in [0.5, 0.6) is 0 Å². The minimum atomic E-state index is -0.109. The van der Waals surface area contributed by atoms with Gasteiger partial charge in [-0.15, -0.1) is 0 Å². The van der Waals surface area contributed by atoms with Crippen LogP contribution < -0.4 is 16.0 Å². The molecule has 2 rings (SSSR count). The number of benzene rings is 1. The first-order chi connectivity index (χ1) is 11.1. The van der Waals surface area contributed by atoms with Crippen molar-refractivity contribution in [3.8, 4) is 0 Å². The second-order valence-electron chi connectivity index (χ2n) is 6.03. The van der Waals surface area contributed by atoms with Crippen molar-refractivity contribution in [1.82, 2.24) is 15.6 Å². The number of rotatable bonds is 8. The Bertz CT molecular complexity index is 627. The van der Waals surface area contributed by atoms with Gasteiger partial charge in [-0.05, 0) is 37.0 Å². The smallest absolute Gasteiger partial charge is 0.314 e. The number of aromatic nitrogens is 1. The number of carbonyl (C=O) groups excluding carboxylic acids is 1. The van der Waals surface area contributed by atoms with Crippen LogP contribution in [-0.2, 0) is 0 Å². The first-order valence-corrected chi connectivity index (χ1v) is 8.26. The number of urea groups is 1. The number of nitrogens with zero attached hydrogens (tertiary/aromatic N) is 1. The van der Waals surface area contributed by atoms with Gasteiger partial charge >= 0.3 is 6.03 Å². The number of amides is 2. The van der Waals surface area contributed by atoms with Crippen molar-refractivity contribution in [2.24, 2.45) is 5.92 Å². The van der Waals surface area contributed by atoms with Crippen LogP contribution in [0, 0.1) is 5.92 Å². The van der Waals surface area contributed by atoms with Gasteiger partial charge in [-0.25, -0.2) is 9.78 Å². The molecule has 0 aliphatic heterocycles. The minimum absolute atomic E-state index is 0.109. The third-order valence-electron chi connectivity index (χ3n) is 3.56.